The molecule has 1 fully saturated rings. The zero-order valence-electron chi connectivity index (χ0n) is 9.28. The van der Waals surface area contributed by atoms with Crippen LogP contribution >= 0.6 is 27.3 Å². The first-order valence-electron chi connectivity index (χ1n) is 5.21. The molecule has 0 radical (unpaired) electrons. The van der Waals surface area contributed by atoms with Gasteiger partial charge >= 0.3 is 0 Å². The Labute approximate surface area is 117 Å². The summed E-state index contributed by atoms with van der Waals surface area (Å²) >= 11 is 4.38. The highest BCUT2D eigenvalue weighted by Gasteiger charge is 2.38. The second kappa shape index (κ2) is 5.16. The molecule has 1 aromatic heterocycles. The first-order chi connectivity index (χ1) is 8.46. The van der Waals surface area contributed by atoms with E-state index in [4.69, 9.17) is 10.9 Å². The number of nitrogens with zero attached hydrogens (tertiary/aromatic N) is 2. The Hall–Kier alpha value is -0.640. The molecule has 2 heterocycles. The highest BCUT2D eigenvalue weighted by molar-refractivity contribution is 9.11. The van der Waals surface area contributed by atoms with Crippen molar-refractivity contribution >= 4 is 43.1 Å². The molecule has 1 aliphatic rings. The summed E-state index contributed by atoms with van der Waals surface area (Å²) in [5, 5.41) is 11.6. The number of hydrogen-bond donors (Lipinski definition) is 2. The number of sulfonamides is 1. The molecule has 0 bridgehead atoms. The third kappa shape index (κ3) is 2.40. The van der Waals surface area contributed by atoms with Gasteiger partial charge in [0.05, 0.1) is 9.83 Å². The van der Waals surface area contributed by atoms with Gasteiger partial charge in [0.25, 0.3) is 10.0 Å². The standard InChI is InChI=1S/C9H12BrN3O3S2/c10-7-3-4-8(17-7)18(15,16)13-5-1-2-6(13)9(11)12-14/h3-4,6,14H,1-2,5H2,(H2,11,12). The number of thiophene rings is 1. The van der Waals surface area contributed by atoms with Crippen LogP contribution in [0.3, 0.4) is 0 Å². The molecular weight excluding hydrogens is 342 g/mol. The van der Waals surface area contributed by atoms with Crippen LogP contribution in [0.15, 0.2) is 25.3 Å². The second-order valence-corrected chi connectivity index (χ2v) is 8.44. The zero-order valence-corrected chi connectivity index (χ0v) is 12.5. The molecule has 9 heteroatoms. The van der Waals surface area contributed by atoms with E-state index < -0.39 is 16.1 Å². The highest BCUT2D eigenvalue weighted by Crippen LogP contribution is 2.32. The summed E-state index contributed by atoms with van der Waals surface area (Å²) in [5.41, 5.74) is 5.54. The minimum atomic E-state index is -3.57. The van der Waals surface area contributed by atoms with Crippen LogP contribution in [-0.4, -0.2) is 36.4 Å². The topological polar surface area (TPSA) is 96.0 Å². The van der Waals surface area contributed by atoms with Gasteiger partial charge in [-0.05, 0) is 40.9 Å². The quantitative estimate of drug-likeness (QED) is 0.371. The van der Waals surface area contributed by atoms with Crippen LogP contribution < -0.4 is 5.73 Å². The Bertz CT molecular complexity index is 569. The molecule has 0 saturated carbocycles. The molecule has 3 N–H and O–H groups in total. The van der Waals surface area contributed by atoms with E-state index in [1.54, 1.807) is 12.1 Å². The molecule has 1 aromatic rings. The molecule has 1 atom stereocenters. The summed E-state index contributed by atoms with van der Waals surface area (Å²) in [7, 11) is -3.57. The summed E-state index contributed by atoms with van der Waals surface area (Å²) in [4.78, 5) is 0. The average molecular weight is 354 g/mol. The van der Waals surface area contributed by atoms with Gasteiger partial charge in [0.1, 0.15) is 4.21 Å². The lowest BCUT2D eigenvalue weighted by Crippen LogP contribution is -2.43. The average Bonchev–Trinajstić information content (AvgIpc) is 2.96. The van der Waals surface area contributed by atoms with E-state index in [1.807, 2.05) is 0 Å². The Morgan fingerprint density at radius 3 is 2.89 bits per heavy atom. The van der Waals surface area contributed by atoms with E-state index in [1.165, 1.54) is 4.31 Å². The van der Waals surface area contributed by atoms with Crippen LogP contribution in [0.1, 0.15) is 12.8 Å². The van der Waals surface area contributed by atoms with Gasteiger partial charge in [-0.2, -0.15) is 4.31 Å². The van der Waals surface area contributed by atoms with Gasteiger partial charge in [0.15, 0.2) is 5.84 Å². The monoisotopic (exact) mass is 353 g/mol. The maximum Gasteiger partial charge on any atom is 0.253 e. The van der Waals surface area contributed by atoms with E-state index in [0.717, 1.165) is 15.1 Å². The summed E-state index contributed by atoms with van der Waals surface area (Å²) in [6.07, 6.45) is 1.27. The third-order valence-corrected chi connectivity index (χ3v) is 6.77. The van der Waals surface area contributed by atoms with Gasteiger partial charge in [0.2, 0.25) is 0 Å². The van der Waals surface area contributed by atoms with Gasteiger partial charge in [-0.3, -0.25) is 0 Å². The molecule has 1 unspecified atom stereocenters. The Balaban J connectivity index is 2.35. The van der Waals surface area contributed by atoms with Crippen molar-refractivity contribution in [1.82, 2.24) is 4.31 Å². The molecular formula is C9H12BrN3O3S2. The summed E-state index contributed by atoms with van der Waals surface area (Å²) < 4.78 is 27.1. The zero-order chi connectivity index (χ0) is 13.3. The SMILES string of the molecule is NC(=NO)C1CCCN1S(=O)(=O)c1ccc(Br)s1. The van der Waals surface area contributed by atoms with Crippen molar-refractivity contribution in [2.75, 3.05) is 6.54 Å². The number of halogens is 1. The molecule has 0 spiro atoms. The van der Waals surface area contributed by atoms with Crippen LogP contribution in [-0.2, 0) is 10.0 Å². The molecule has 0 amide bonds. The fourth-order valence-corrected chi connectivity index (χ4v) is 5.75. The summed E-state index contributed by atoms with van der Waals surface area (Å²) in [5.74, 6) is -0.0632. The molecule has 1 saturated heterocycles. The molecule has 0 aliphatic carbocycles. The predicted octanol–water partition coefficient (Wildman–Crippen LogP) is 1.41. The lowest BCUT2D eigenvalue weighted by molar-refractivity contribution is 0.311. The van der Waals surface area contributed by atoms with Crippen molar-refractivity contribution in [3.05, 3.63) is 15.9 Å². The molecule has 100 valence electrons. The van der Waals surface area contributed by atoms with Crippen molar-refractivity contribution in [2.45, 2.75) is 23.1 Å². The van der Waals surface area contributed by atoms with Crippen LogP contribution in [0.5, 0.6) is 0 Å². The smallest absolute Gasteiger partial charge is 0.253 e. The van der Waals surface area contributed by atoms with Crippen molar-refractivity contribution in [3.63, 3.8) is 0 Å². The van der Waals surface area contributed by atoms with E-state index in [9.17, 15) is 8.42 Å². The molecule has 1 aliphatic heterocycles. The van der Waals surface area contributed by atoms with Gasteiger partial charge in [-0.15, -0.1) is 11.3 Å². The van der Waals surface area contributed by atoms with E-state index >= 15 is 0 Å². The lowest BCUT2D eigenvalue weighted by atomic mass is 10.2. The molecule has 6 nitrogen and oxygen atoms in total. The first-order valence-corrected chi connectivity index (χ1v) is 8.26. The van der Waals surface area contributed by atoms with Crippen LogP contribution in [0.2, 0.25) is 0 Å². The van der Waals surface area contributed by atoms with Crippen molar-refractivity contribution < 1.29 is 13.6 Å². The predicted molar refractivity (Wildman–Crippen MR) is 72.3 cm³/mol. The Kier molecular flexibility index (Phi) is 3.95. The largest absolute Gasteiger partial charge is 0.409 e. The maximum atomic E-state index is 12.4. The van der Waals surface area contributed by atoms with Crippen molar-refractivity contribution in [1.29, 1.82) is 0 Å². The Morgan fingerprint density at radius 1 is 1.61 bits per heavy atom. The molecule has 2 rings (SSSR count). The number of hydrogen-bond acceptors (Lipinski definition) is 5. The minimum absolute atomic E-state index is 0.0632. The number of nitrogens with two attached hydrogens (primary N) is 1. The fourth-order valence-electron chi connectivity index (χ4n) is 1.94. The molecule has 0 aromatic carbocycles. The van der Waals surface area contributed by atoms with E-state index in [0.29, 0.717) is 19.4 Å². The van der Waals surface area contributed by atoms with E-state index in [-0.39, 0.29) is 10.0 Å². The normalized spacial score (nSPS) is 22.5. The van der Waals surface area contributed by atoms with E-state index in [2.05, 4.69) is 21.1 Å². The van der Waals surface area contributed by atoms with Gasteiger partial charge in [0, 0.05) is 6.54 Å². The van der Waals surface area contributed by atoms with Crippen LogP contribution in [0.4, 0.5) is 0 Å². The Morgan fingerprint density at radius 2 is 2.33 bits per heavy atom. The summed E-state index contributed by atoms with van der Waals surface area (Å²) in [6.45, 7) is 0.388. The number of rotatable bonds is 3. The van der Waals surface area contributed by atoms with Gasteiger partial charge in [-0.25, -0.2) is 8.42 Å². The summed E-state index contributed by atoms with van der Waals surface area (Å²) in [6, 6.07) is 2.68. The van der Waals surface area contributed by atoms with Gasteiger partial charge < -0.3 is 10.9 Å². The first kappa shape index (κ1) is 13.8. The fraction of sp³-hybridized carbons (Fsp3) is 0.444. The van der Waals surface area contributed by atoms with Crippen molar-refractivity contribution in [2.24, 2.45) is 10.9 Å². The number of amidine groups is 1. The maximum absolute atomic E-state index is 12.4. The second-order valence-electron chi connectivity index (χ2n) is 3.86. The minimum Gasteiger partial charge on any atom is -0.409 e. The van der Waals surface area contributed by atoms with Crippen LogP contribution in [0.25, 0.3) is 0 Å². The molecule has 18 heavy (non-hydrogen) atoms. The number of oxime groups is 1. The van der Waals surface area contributed by atoms with Crippen LogP contribution in [0, 0.1) is 0 Å². The van der Waals surface area contributed by atoms with Gasteiger partial charge in [-0.1, -0.05) is 5.16 Å². The third-order valence-electron chi connectivity index (χ3n) is 2.77. The highest BCUT2D eigenvalue weighted by atomic mass is 79.9. The van der Waals surface area contributed by atoms with Crippen molar-refractivity contribution in [3.8, 4) is 0 Å². The lowest BCUT2D eigenvalue weighted by Gasteiger charge is -2.21.